The highest BCUT2D eigenvalue weighted by atomic mass is 32.2. The summed E-state index contributed by atoms with van der Waals surface area (Å²) in [6.07, 6.45) is 1.93. The van der Waals surface area contributed by atoms with Gasteiger partial charge in [-0.25, -0.2) is 12.7 Å². The fourth-order valence-corrected chi connectivity index (χ4v) is 3.65. The molecule has 120 valence electrons. The van der Waals surface area contributed by atoms with Crippen molar-refractivity contribution in [2.75, 3.05) is 39.8 Å². The first-order chi connectivity index (χ1) is 9.92. The fourth-order valence-electron chi connectivity index (χ4n) is 1.84. The first kappa shape index (κ1) is 18.1. The van der Waals surface area contributed by atoms with Crippen LogP contribution in [0.1, 0.15) is 5.56 Å². The average Bonchev–Trinajstić information content (AvgIpc) is 2.50. The standard InChI is InChI=1S/C13H22N2O4S2/c1-15(5-6-20-4)21(16,17)11-7-10(9-14)13(19-3)12(8-11)18-2/h7-8H,5-6,9,14H2,1-4H3. The Morgan fingerprint density at radius 2 is 1.95 bits per heavy atom. The molecule has 0 aliphatic carbocycles. The Labute approximate surface area is 130 Å². The number of rotatable bonds is 8. The van der Waals surface area contributed by atoms with Crippen molar-refractivity contribution >= 4 is 21.8 Å². The number of benzene rings is 1. The summed E-state index contributed by atoms with van der Waals surface area (Å²) in [5, 5.41) is 0. The minimum atomic E-state index is -3.57. The molecule has 0 atom stereocenters. The van der Waals surface area contributed by atoms with Crippen LogP contribution in [0.4, 0.5) is 0 Å². The van der Waals surface area contributed by atoms with Gasteiger partial charge in [-0.3, -0.25) is 0 Å². The van der Waals surface area contributed by atoms with Crippen molar-refractivity contribution in [3.05, 3.63) is 17.7 Å². The van der Waals surface area contributed by atoms with E-state index in [4.69, 9.17) is 15.2 Å². The highest BCUT2D eigenvalue weighted by molar-refractivity contribution is 7.98. The summed E-state index contributed by atoms with van der Waals surface area (Å²) in [4.78, 5) is 0.157. The van der Waals surface area contributed by atoms with Gasteiger partial charge in [-0.05, 0) is 12.3 Å². The number of hydrogen-bond donors (Lipinski definition) is 1. The maximum absolute atomic E-state index is 12.6. The van der Waals surface area contributed by atoms with Gasteiger partial charge >= 0.3 is 0 Å². The Bertz CT molecular complexity index is 551. The van der Waals surface area contributed by atoms with E-state index < -0.39 is 10.0 Å². The molecule has 0 saturated heterocycles. The minimum absolute atomic E-state index is 0.157. The second-order valence-electron chi connectivity index (χ2n) is 4.34. The molecule has 8 heteroatoms. The van der Waals surface area contributed by atoms with Gasteiger partial charge in [0, 0.05) is 37.5 Å². The number of ether oxygens (including phenoxy) is 2. The third-order valence-electron chi connectivity index (χ3n) is 3.07. The van der Waals surface area contributed by atoms with E-state index in [1.54, 1.807) is 18.8 Å². The number of sulfonamides is 1. The Kier molecular flexibility index (Phi) is 6.79. The second-order valence-corrected chi connectivity index (χ2v) is 7.37. The van der Waals surface area contributed by atoms with Gasteiger partial charge in [0.15, 0.2) is 11.5 Å². The zero-order valence-corrected chi connectivity index (χ0v) is 14.4. The Hall–Kier alpha value is -0.960. The number of methoxy groups -OCH3 is 2. The molecule has 1 aromatic carbocycles. The summed E-state index contributed by atoms with van der Waals surface area (Å²) >= 11 is 1.59. The van der Waals surface area contributed by atoms with Gasteiger partial charge in [-0.1, -0.05) is 0 Å². The van der Waals surface area contributed by atoms with Crippen molar-refractivity contribution < 1.29 is 17.9 Å². The molecule has 1 rings (SSSR count). The molecule has 0 aliphatic heterocycles. The fraction of sp³-hybridized carbons (Fsp3) is 0.538. The van der Waals surface area contributed by atoms with Crippen LogP contribution in [0.15, 0.2) is 17.0 Å². The van der Waals surface area contributed by atoms with Crippen molar-refractivity contribution in [3.8, 4) is 11.5 Å². The Morgan fingerprint density at radius 3 is 2.43 bits per heavy atom. The highest BCUT2D eigenvalue weighted by Gasteiger charge is 2.24. The third-order valence-corrected chi connectivity index (χ3v) is 5.49. The third kappa shape index (κ3) is 4.03. The van der Waals surface area contributed by atoms with Crippen LogP contribution in [0.2, 0.25) is 0 Å². The van der Waals surface area contributed by atoms with Gasteiger partial charge in [-0.15, -0.1) is 0 Å². The van der Waals surface area contributed by atoms with Crippen LogP contribution in [-0.4, -0.2) is 52.5 Å². The SMILES string of the molecule is COc1cc(S(=O)(=O)N(C)CCSC)cc(CN)c1OC. The van der Waals surface area contributed by atoms with Crippen molar-refractivity contribution in [2.24, 2.45) is 5.73 Å². The van der Waals surface area contributed by atoms with Crippen LogP contribution in [-0.2, 0) is 16.6 Å². The normalized spacial score (nSPS) is 11.7. The van der Waals surface area contributed by atoms with E-state index in [-0.39, 0.29) is 11.4 Å². The number of hydrogen-bond acceptors (Lipinski definition) is 6. The molecule has 0 spiro atoms. The van der Waals surface area contributed by atoms with Gasteiger partial charge < -0.3 is 15.2 Å². The zero-order chi connectivity index (χ0) is 16.0. The maximum Gasteiger partial charge on any atom is 0.242 e. The molecule has 0 bridgehead atoms. The smallest absolute Gasteiger partial charge is 0.242 e. The first-order valence-corrected chi connectivity index (χ1v) is 9.16. The number of nitrogens with two attached hydrogens (primary N) is 1. The van der Waals surface area contributed by atoms with E-state index in [1.807, 2.05) is 6.26 Å². The average molecular weight is 334 g/mol. The van der Waals surface area contributed by atoms with Crippen LogP contribution in [0.3, 0.4) is 0 Å². The van der Waals surface area contributed by atoms with Gasteiger partial charge in [0.05, 0.1) is 19.1 Å². The topological polar surface area (TPSA) is 81.9 Å². The summed E-state index contributed by atoms with van der Waals surface area (Å²) < 4.78 is 36.9. The zero-order valence-electron chi connectivity index (χ0n) is 12.8. The quantitative estimate of drug-likeness (QED) is 0.768. The molecule has 21 heavy (non-hydrogen) atoms. The predicted molar refractivity (Wildman–Crippen MR) is 85.6 cm³/mol. The van der Waals surface area contributed by atoms with E-state index in [0.717, 1.165) is 5.75 Å². The van der Waals surface area contributed by atoms with Crippen molar-refractivity contribution in [3.63, 3.8) is 0 Å². The first-order valence-electron chi connectivity index (χ1n) is 6.32. The molecule has 6 nitrogen and oxygen atoms in total. The van der Waals surface area contributed by atoms with Crippen LogP contribution >= 0.6 is 11.8 Å². The van der Waals surface area contributed by atoms with E-state index in [2.05, 4.69) is 0 Å². The van der Waals surface area contributed by atoms with Gasteiger partial charge in [-0.2, -0.15) is 11.8 Å². The molecule has 0 heterocycles. The molecule has 0 saturated carbocycles. The molecule has 0 fully saturated rings. The molecule has 0 aliphatic rings. The lowest BCUT2D eigenvalue weighted by molar-refractivity contribution is 0.350. The molecule has 0 unspecified atom stereocenters. The lowest BCUT2D eigenvalue weighted by Gasteiger charge is -2.19. The van der Waals surface area contributed by atoms with E-state index in [1.165, 1.54) is 30.7 Å². The maximum atomic E-state index is 12.6. The van der Waals surface area contributed by atoms with Gasteiger partial charge in [0.2, 0.25) is 10.0 Å². The largest absolute Gasteiger partial charge is 0.493 e. The molecule has 1 aromatic rings. The molecule has 0 aromatic heterocycles. The molecule has 0 radical (unpaired) electrons. The van der Waals surface area contributed by atoms with E-state index in [0.29, 0.717) is 23.6 Å². The monoisotopic (exact) mass is 334 g/mol. The highest BCUT2D eigenvalue weighted by Crippen LogP contribution is 2.34. The minimum Gasteiger partial charge on any atom is -0.493 e. The molecule has 0 amide bonds. The van der Waals surface area contributed by atoms with E-state index in [9.17, 15) is 8.42 Å². The predicted octanol–water partition coefficient (Wildman–Crippen LogP) is 1.15. The Balaban J connectivity index is 3.30. The summed E-state index contributed by atoms with van der Waals surface area (Å²) in [6.45, 7) is 0.604. The van der Waals surface area contributed by atoms with Gasteiger partial charge in [0.25, 0.3) is 0 Å². The van der Waals surface area contributed by atoms with Crippen molar-refractivity contribution in [2.45, 2.75) is 11.4 Å². The van der Waals surface area contributed by atoms with Gasteiger partial charge in [0.1, 0.15) is 0 Å². The van der Waals surface area contributed by atoms with Crippen molar-refractivity contribution in [1.82, 2.24) is 4.31 Å². The van der Waals surface area contributed by atoms with Crippen molar-refractivity contribution in [1.29, 1.82) is 0 Å². The van der Waals surface area contributed by atoms with Crippen LogP contribution in [0, 0.1) is 0 Å². The van der Waals surface area contributed by atoms with Crippen LogP contribution in [0.25, 0.3) is 0 Å². The summed E-state index contributed by atoms with van der Waals surface area (Å²) in [5.74, 6) is 1.55. The Morgan fingerprint density at radius 1 is 1.29 bits per heavy atom. The van der Waals surface area contributed by atoms with Crippen LogP contribution < -0.4 is 15.2 Å². The molecular formula is C13H22N2O4S2. The number of thioether (sulfide) groups is 1. The summed E-state index contributed by atoms with van der Waals surface area (Å²) in [5.41, 5.74) is 6.26. The molecular weight excluding hydrogens is 312 g/mol. The number of nitrogens with zero attached hydrogens (tertiary/aromatic N) is 1. The summed E-state index contributed by atoms with van der Waals surface area (Å²) in [6, 6.07) is 3.00. The van der Waals surface area contributed by atoms with E-state index >= 15 is 0 Å². The second kappa shape index (κ2) is 7.88. The summed E-state index contributed by atoms with van der Waals surface area (Å²) in [7, 11) is 0.947. The van der Waals surface area contributed by atoms with Crippen LogP contribution in [0.5, 0.6) is 11.5 Å². The lowest BCUT2D eigenvalue weighted by atomic mass is 10.2. The molecule has 2 N–H and O–H groups in total. The lowest BCUT2D eigenvalue weighted by Crippen LogP contribution is -2.29.